The summed E-state index contributed by atoms with van der Waals surface area (Å²) in [5, 5.41) is 3.06. The van der Waals surface area contributed by atoms with Crippen molar-refractivity contribution >= 4 is 10.0 Å². The van der Waals surface area contributed by atoms with Crippen molar-refractivity contribution in [3.05, 3.63) is 23.9 Å². The highest BCUT2D eigenvalue weighted by molar-refractivity contribution is 7.89. The normalized spacial score (nSPS) is 12.0. The van der Waals surface area contributed by atoms with Crippen LogP contribution in [0.25, 0.3) is 0 Å². The average molecular weight is 287 g/mol. The minimum absolute atomic E-state index is 0.0744. The molecule has 19 heavy (non-hydrogen) atoms. The van der Waals surface area contributed by atoms with E-state index in [1.807, 2.05) is 7.05 Å². The predicted molar refractivity (Wildman–Crippen MR) is 73.3 cm³/mol. The van der Waals surface area contributed by atoms with E-state index in [1.165, 1.54) is 10.4 Å². The van der Waals surface area contributed by atoms with Gasteiger partial charge in [0.2, 0.25) is 0 Å². The molecule has 0 fully saturated rings. The Labute approximate surface area is 114 Å². The maximum absolute atomic E-state index is 12.3. The lowest BCUT2D eigenvalue weighted by atomic mass is 10.3. The van der Waals surface area contributed by atoms with E-state index >= 15 is 0 Å². The molecule has 108 valence electrons. The Morgan fingerprint density at radius 2 is 2.16 bits per heavy atom. The van der Waals surface area contributed by atoms with E-state index in [0.717, 1.165) is 5.56 Å². The molecule has 0 atom stereocenters. The molecule has 1 heterocycles. The summed E-state index contributed by atoms with van der Waals surface area (Å²) in [6, 6.07) is 3.30. The number of sulfonamides is 1. The summed E-state index contributed by atoms with van der Waals surface area (Å²) in [5.41, 5.74) is 0.946. The molecule has 0 spiro atoms. The van der Waals surface area contributed by atoms with Crippen LogP contribution in [-0.4, -0.2) is 51.6 Å². The topological polar surface area (TPSA) is 71.5 Å². The van der Waals surface area contributed by atoms with Crippen LogP contribution in [0, 0.1) is 0 Å². The van der Waals surface area contributed by atoms with Gasteiger partial charge in [0.25, 0.3) is 10.0 Å². The number of aromatic nitrogens is 1. The van der Waals surface area contributed by atoms with Crippen molar-refractivity contribution in [2.45, 2.75) is 18.5 Å². The lowest BCUT2D eigenvalue weighted by Gasteiger charge is -2.19. The second-order valence-corrected chi connectivity index (χ2v) is 5.91. The van der Waals surface area contributed by atoms with Gasteiger partial charge in [-0.15, -0.1) is 0 Å². The lowest BCUT2D eigenvalue weighted by molar-refractivity contribution is 0.180. The molecule has 0 saturated carbocycles. The van der Waals surface area contributed by atoms with Gasteiger partial charge in [-0.2, -0.15) is 4.31 Å². The molecule has 0 aliphatic carbocycles. The Kier molecular flexibility index (Phi) is 6.36. The van der Waals surface area contributed by atoms with Crippen LogP contribution in [0.4, 0.5) is 0 Å². The maximum Gasteiger partial charge on any atom is 0.260 e. The summed E-state index contributed by atoms with van der Waals surface area (Å²) >= 11 is 0. The number of nitrogens with one attached hydrogen (secondary N) is 1. The molecule has 1 N–H and O–H groups in total. The Morgan fingerprint density at radius 3 is 2.63 bits per heavy atom. The first-order chi connectivity index (χ1) is 9.06. The summed E-state index contributed by atoms with van der Waals surface area (Å²) in [7, 11) is -0.159. The second-order valence-electron chi connectivity index (χ2n) is 4.02. The molecule has 6 nitrogen and oxygen atoms in total. The van der Waals surface area contributed by atoms with Crippen molar-refractivity contribution in [1.82, 2.24) is 14.6 Å². The van der Waals surface area contributed by atoms with Gasteiger partial charge in [0.1, 0.15) is 0 Å². The highest BCUT2D eigenvalue weighted by Gasteiger charge is 2.23. The van der Waals surface area contributed by atoms with E-state index in [4.69, 9.17) is 4.74 Å². The summed E-state index contributed by atoms with van der Waals surface area (Å²) in [6.07, 6.45) is 1.58. The van der Waals surface area contributed by atoms with Gasteiger partial charge in [-0.1, -0.05) is 13.0 Å². The summed E-state index contributed by atoms with van der Waals surface area (Å²) in [5.74, 6) is 0. The minimum atomic E-state index is -3.53. The Hall–Kier alpha value is -1.02. The third-order valence-electron chi connectivity index (χ3n) is 2.68. The fourth-order valence-corrected chi connectivity index (χ4v) is 2.99. The van der Waals surface area contributed by atoms with E-state index in [9.17, 15) is 8.42 Å². The van der Waals surface area contributed by atoms with Crippen molar-refractivity contribution in [3.8, 4) is 0 Å². The molecule has 0 radical (unpaired) electrons. The van der Waals surface area contributed by atoms with Gasteiger partial charge in [-0.3, -0.25) is 0 Å². The Bertz CT molecular complexity index is 473. The average Bonchev–Trinajstić information content (AvgIpc) is 2.40. The molecular formula is C12H21N3O3S. The van der Waals surface area contributed by atoms with Crippen LogP contribution in [0.2, 0.25) is 0 Å². The third-order valence-corrected chi connectivity index (χ3v) is 4.57. The molecule has 1 aromatic rings. The number of pyridine rings is 1. The second kappa shape index (κ2) is 7.54. The van der Waals surface area contributed by atoms with Crippen LogP contribution in [0.1, 0.15) is 12.5 Å². The number of rotatable bonds is 8. The zero-order valence-electron chi connectivity index (χ0n) is 11.6. The van der Waals surface area contributed by atoms with Crippen LogP contribution in [-0.2, 0) is 21.3 Å². The molecule has 0 aliphatic rings. The van der Waals surface area contributed by atoms with Crippen LogP contribution in [0.3, 0.4) is 0 Å². The van der Waals surface area contributed by atoms with Crippen LogP contribution >= 0.6 is 0 Å². The third kappa shape index (κ3) is 4.24. The number of hydrogen-bond acceptors (Lipinski definition) is 5. The van der Waals surface area contributed by atoms with E-state index in [-0.39, 0.29) is 5.03 Å². The fourth-order valence-electron chi connectivity index (χ4n) is 1.65. The zero-order chi connectivity index (χ0) is 14.3. The number of ether oxygens (including phenoxy) is 1. The molecule has 1 rings (SSSR count). The standard InChI is InChI=1S/C12H21N3O3S/c1-4-15(7-8-18-3)19(16,17)12-6-5-11(9-13-2)10-14-12/h5-6,10,13H,4,7-9H2,1-3H3. The molecule has 0 aromatic carbocycles. The molecule has 1 aromatic heterocycles. The summed E-state index contributed by atoms with van der Waals surface area (Å²) in [4.78, 5) is 4.04. The smallest absolute Gasteiger partial charge is 0.260 e. The van der Waals surface area contributed by atoms with Crippen molar-refractivity contribution in [2.75, 3.05) is 33.9 Å². The first-order valence-electron chi connectivity index (χ1n) is 6.14. The number of nitrogens with zero attached hydrogens (tertiary/aromatic N) is 2. The van der Waals surface area contributed by atoms with Crippen LogP contribution in [0.5, 0.6) is 0 Å². The van der Waals surface area contributed by atoms with Gasteiger partial charge in [0.05, 0.1) is 6.61 Å². The minimum Gasteiger partial charge on any atom is -0.383 e. The zero-order valence-corrected chi connectivity index (χ0v) is 12.4. The van der Waals surface area contributed by atoms with Gasteiger partial charge < -0.3 is 10.1 Å². The number of hydrogen-bond donors (Lipinski definition) is 1. The molecule has 0 saturated heterocycles. The lowest BCUT2D eigenvalue weighted by Crippen LogP contribution is -2.34. The number of likely N-dealkylation sites (N-methyl/N-ethyl adjacent to an activating group) is 1. The summed E-state index contributed by atoms with van der Waals surface area (Å²) < 4.78 is 30.9. The molecular weight excluding hydrogens is 266 g/mol. The van der Waals surface area contributed by atoms with Gasteiger partial charge in [0.15, 0.2) is 5.03 Å². The molecule has 0 bridgehead atoms. The SMILES string of the molecule is CCN(CCOC)S(=O)(=O)c1ccc(CNC)cn1. The first-order valence-corrected chi connectivity index (χ1v) is 7.58. The van der Waals surface area contributed by atoms with Gasteiger partial charge >= 0.3 is 0 Å². The highest BCUT2D eigenvalue weighted by Crippen LogP contribution is 2.13. The monoisotopic (exact) mass is 287 g/mol. The molecule has 0 amide bonds. The number of methoxy groups -OCH3 is 1. The van der Waals surface area contributed by atoms with Crippen molar-refractivity contribution in [3.63, 3.8) is 0 Å². The first kappa shape index (κ1) is 16.0. The Balaban J connectivity index is 2.91. The van der Waals surface area contributed by atoms with Crippen molar-refractivity contribution < 1.29 is 13.2 Å². The van der Waals surface area contributed by atoms with E-state index in [2.05, 4.69) is 10.3 Å². The van der Waals surface area contributed by atoms with Gasteiger partial charge in [0, 0.05) is 32.9 Å². The largest absolute Gasteiger partial charge is 0.383 e. The predicted octanol–water partition coefficient (Wildman–Crippen LogP) is 0.458. The fraction of sp³-hybridized carbons (Fsp3) is 0.583. The molecule has 7 heteroatoms. The summed E-state index contributed by atoms with van der Waals surface area (Å²) in [6.45, 7) is 3.54. The van der Waals surface area contributed by atoms with Crippen molar-refractivity contribution in [2.24, 2.45) is 0 Å². The maximum atomic E-state index is 12.3. The van der Waals surface area contributed by atoms with Crippen molar-refractivity contribution in [1.29, 1.82) is 0 Å². The van der Waals surface area contributed by atoms with Gasteiger partial charge in [-0.25, -0.2) is 13.4 Å². The highest BCUT2D eigenvalue weighted by atomic mass is 32.2. The van der Waals surface area contributed by atoms with E-state index in [0.29, 0.717) is 26.2 Å². The van der Waals surface area contributed by atoms with Gasteiger partial charge in [-0.05, 0) is 18.7 Å². The van der Waals surface area contributed by atoms with Crippen LogP contribution in [0.15, 0.2) is 23.4 Å². The molecule has 0 aliphatic heterocycles. The van der Waals surface area contributed by atoms with Crippen LogP contribution < -0.4 is 5.32 Å². The molecule has 0 unspecified atom stereocenters. The van der Waals surface area contributed by atoms with E-state index < -0.39 is 10.0 Å². The quantitative estimate of drug-likeness (QED) is 0.752. The van der Waals surface area contributed by atoms with E-state index in [1.54, 1.807) is 26.3 Å². The Morgan fingerprint density at radius 1 is 1.42 bits per heavy atom.